The van der Waals surface area contributed by atoms with Crippen molar-refractivity contribution in [3.8, 4) is 17.1 Å². The third-order valence-electron chi connectivity index (χ3n) is 5.89. The molecule has 1 heterocycles. The minimum atomic E-state index is -0.953. The Morgan fingerprint density at radius 2 is 1.86 bits per heavy atom. The SMILES string of the molecule is CCCOc1ncc(CNC(=O)C(CS)CC(C)C)n1Cc1ccc(-c2ccccc2C(=O)O)cc1. The van der Waals surface area contributed by atoms with Gasteiger partial charge in [-0.15, -0.1) is 0 Å². The van der Waals surface area contributed by atoms with Crippen molar-refractivity contribution in [1.29, 1.82) is 0 Å². The molecular weight excluding hydrogens is 474 g/mol. The molecule has 36 heavy (non-hydrogen) atoms. The molecule has 0 bridgehead atoms. The Morgan fingerprint density at radius 1 is 1.14 bits per heavy atom. The quantitative estimate of drug-likeness (QED) is 0.272. The van der Waals surface area contributed by atoms with Gasteiger partial charge in [-0.2, -0.15) is 12.6 Å². The molecule has 1 amide bonds. The number of nitrogens with zero attached hydrogens (tertiary/aromatic N) is 2. The van der Waals surface area contributed by atoms with E-state index in [9.17, 15) is 14.7 Å². The second-order valence-corrected chi connectivity index (χ2v) is 9.61. The highest BCUT2D eigenvalue weighted by Crippen LogP contribution is 2.25. The zero-order valence-corrected chi connectivity index (χ0v) is 22.0. The number of ether oxygens (including phenoxy) is 1. The Morgan fingerprint density at radius 3 is 2.50 bits per heavy atom. The van der Waals surface area contributed by atoms with Crippen LogP contribution in [0.3, 0.4) is 0 Å². The van der Waals surface area contributed by atoms with Gasteiger partial charge in [0, 0.05) is 11.7 Å². The normalized spacial score (nSPS) is 11.9. The Balaban J connectivity index is 1.79. The summed E-state index contributed by atoms with van der Waals surface area (Å²) in [7, 11) is 0. The number of hydrogen-bond donors (Lipinski definition) is 3. The van der Waals surface area contributed by atoms with Crippen molar-refractivity contribution >= 4 is 24.5 Å². The van der Waals surface area contributed by atoms with Gasteiger partial charge in [-0.05, 0) is 41.5 Å². The molecule has 0 aliphatic rings. The molecule has 0 spiro atoms. The highest BCUT2D eigenvalue weighted by molar-refractivity contribution is 7.80. The fraction of sp³-hybridized carbons (Fsp3) is 0.393. The number of benzene rings is 2. The van der Waals surface area contributed by atoms with Gasteiger partial charge in [0.25, 0.3) is 6.01 Å². The van der Waals surface area contributed by atoms with Gasteiger partial charge < -0.3 is 15.2 Å². The number of carboxylic acids is 1. The van der Waals surface area contributed by atoms with E-state index in [1.54, 1.807) is 18.3 Å². The summed E-state index contributed by atoms with van der Waals surface area (Å²) >= 11 is 4.36. The van der Waals surface area contributed by atoms with Crippen LogP contribution in [0.15, 0.2) is 54.7 Å². The van der Waals surface area contributed by atoms with E-state index in [0.29, 0.717) is 42.9 Å². The second kappa shape index (κ2) is 13.2. The largest absolute Gasteiger partial charge is 0.478 e. The molecule has 1 aromatic heterocycles. The highest BCUT2D eigenvalue weighted by Gasteiger charge is 2.19. The topological polar surface area (TPSA) is 93.5 Å². The number of thiol groups is 1. The van der Waals surface area contributed by atoms with Crippen molar-refractivity contribution in [2.45, 2.75) is 46.7 Å². The standard InChI is InChI=1S/C28H35N3O4S/c1-4-13-35-28-30-16-23(15-29-26(32)22(18-36)14-19(2)3)31(28)17-20-9-11-21(12-10-20)24-7-5-6-8-25(24)27(33)34/h5-12,16,19,22,36H,4,13-15,17-18H2,1-3H3,(H,29,32)(H,33,34). The molecule has 0 radical (unpaired) electrons. The van der Waals surface area contributed by atoms with E-state index < -0.39 is 5.97 Å². The molecule has 2 aromatic carbocycles. The number of nitrogens with one attached hydrogen (secondary N) is 1. The van der Waals surface area contributed by atoms with Crippen LogP contribution in [0.4, 0.5) is 0 Å². The maximum absolute atomic E-state index is 12.7. The maximum atomic E-state index is 12.7. The predicted octanol–water partition coefficient (Wildman–Crippen LogP) is 5.29. The highest BCUT2D eigenvalue weighted by atomic mass is 32.1. The third-order valence-corrected chi connectivity index (χ3v) is 6.33. The lowest BCUT2D eigenvalue weighted by molar-refractivity contribution is -0.124. The van der Waals surface area contributed by atoms with Gasteiger partial charge >= 0.3 is 5.97 Å². The van der Waals surface area contributed by atoms with Crippen molar-refractivity contribution in [3.63, 3.8) is 0 Å². The second-order valence-electron chi connectivity index (χ2n) is 9.24. The van der Waals surface area contributed by atoms with Crippen LogP contribution in [-0.4, -0.2) is 38.9 Å². The number of rotatable bonds is 13. The lowest BCUT2D eigenvalue weighted by atomic mass is 9.98. The Labute approximate surface area is 218 Å². The smallest absolute Gasteiger partial charge is 0.336 e. The van der Waals surface area contributed by atoms with Crippen LogP contribution in [0.2, 0.25) is 0 Å². The first kappa shape index (κ1) is 27.3. The van der Waals surface area contributed by atoms with E-state index in [1.165, 1.54) is 0 Å². The van der Waals surface area contributed by atoms with E-state index in [0.717, 1.165) is 29.7 Å². The first-order valence-electron chi connectivity index (χ1n) is 12.3. The van der Waals surface area contributed by atoms with E-state index >= 15 is 0 Å². The third kappa shape index (κ3) is 7.13. The zero-order valence-electron chi connectivity index (χ0n) is 21.1. The number of aromatic nitrogens is 2. The van der Waals surface area contributed by atoms with Gasteiger partial charge in [-0.1, -0.05) is 63.2 Å². The molecule has 0 aliphatic carbocycles. The number of aromatic carboxylic acids is 1. The average molecular weight is 510 g/mol. The summed E-state index contributed by atoms with van der Waals surface area (Å²) in [6.07, 6.45) is 3.38. The van der Waals surface area contributed by atoms with Gasteiger partial charge in [0.05, 0.1) is 37.2 Å². The zero-order chi connectivity index (χ0) is 26.1. The van der Waals surface area contributed by atoms with Gasteiger partial charge in [-0.3, -0.25) is 9.36 Å². The van der Waals surface area contributed by atoms with E-state index in [2.05, 4.69) is 36.8 Å². The molecule has 1 atom stereocenters. The summed E-state index contributed by atoms with van der Waals surface area (Å²) in [5.41, 5.74) is 3.63. The summed E-state index contributed by atoms with van der Waals surface area (Å²) in [6, 6.07) is 15.3. The molecular formula is C28H35N3O4S. The lowest BCUT2D eigenvalue weighted by Gasteiger charge is -2.17. The Hall–Kier alpha value is -3.26. The summed E-state index contributed by atoms with van der Waals surface area (Å²) in [5.74, 6) is -0.180. The van der Waals surface area contributed by atoms with E-state index in [1.807, 2.05) is 47.9 Å². The van der Waals surface area contributed by atoms with Crippen LogP contribution in [-0.2, 0) is 17.9 Å². The van der Waals surface area contributed by atoms with Gasteiger partial charge in [0.1, 0.15) is 0 Å². The van der Waals surface area contributed by atoms with E-state index in [4.69, 9.17) is 4.74 Å². The van der Waals surface area contributed by atoms with Crippen LogP contribution >= 0.6 is 12.6 Å². The minimum Gasteiger partial charge on any atom is -0.478 e. The molecule has 192 valence electrons. The number of imidazole rings is 1. The monoisotopic (exact) mass is 509 g/mol. The van der Waals surface area contributed by atoms with Crippen LogP contribution in [0, 0.1) is 11.8 Å². The van der Waals surface area contributed by atoms with Crippen molar-refractivity contribution in [2.75, 3.05) is 12.4 Å². The number of carbonyl (C=O) groups excluding carboxylic acids is 1. The lowest BCUT2D eigenvalue weighted by Crippen LogP contribution is -2.32. The van der Waals surface area contributed by atoms with Gasteiger partial charge in [0.15, 0.2) is 0 Å². The molecule has 3 rings (SSSR count). The number of amides is 1. The predicted molar refractivity (Wildman–Crippen MR) is 145 cm³/mol. The number of hydrogen-bond acceptors (Lipinski definition) is 5. The first-order valence-corrected chi connectivity index (χ1v) is 12.9. The van der Waals surface area contributed by atoms with Crippen LogP contribution in [0.5, 0.6) is 6.01 Å². The van der Waals surface area contributed by atoms with Crippen molar-refractivity contribution in [2.24, 2.45) is 11.8 Å². The molecule has 0 saturated heterocycles. The maximum Gasteiger partial charge on any atom is 0.336 e. The summed E-state index contributed by atoms with van der Waals surface area (Å²) in [6.45, 7) is 7.63. The van der Waals surface area contributed by atoms with Gasteiger partial charge in [-0.25, -0.2) is 9.78 Å². The fourth-order valence-corrected chi connectivity index (χ4v) is 4.37. The molecule has 8 heteroatoms. The van der Waals surface area contributed by atoms with Gasteiger partial charge in [0.2, 0.25) is 5.91 Å². The Bertz CT molecular complexity index is 1160. The number of carboxylic acid groups (broad SMARTS) is 1. The first-order chi connectivity index (χ1) is 17.3. The molecule has 3 aromatic rings. The van der Waals surface area contributed by atoms with Crippen LogP contribution in [0.1, 0.15) is 55.2 Å². The van der Waals surface area contributed by atoms with Crippen molar-refractivity contribution in [3.05, 3.63) is 71.5 Å². The van der Waals surface area contributed by atoms with Crippen molar-refractivity contribution < 1.29 is 19.4 Å². The van der Waals surface area contributed by atoms with Crippen LogP contribution in [0.25, 0.3) is 11.1 Å². The molecule has 7 nitrogen and oxygen atoms in total. The average Bonchev–Trinajstić information content (AvgIpc) is 3.25. The fourth-order valence-electron chi connectivity index (χ4n) is 4.06. The van der Waals surface area contributed by atoms with E-state index in [-0.39, 0.29) is 17.4 Å². The molecule has 0 aliphatic heterocycles. The number of carbonyl (C=O) groups is 2. The van der Waals surface area contributed by atoms with Crippen LogP contribution < -0.4 is 10.1 Å². The summed E-state index contributed by atoms with van der Waals surface area (Å²) in [4.78, 5) is 28.8. The molecule has 0 saturated carbocycles. The minimum absolute atomic E-state index is 0.0103. The molecule has 0 fully saturated rings. The van der Waals surface area contributed by atoms with Crippen molar-refractivity contribution in [1.82, 2.24) is 14.9 Å². The summed E-state index contributed by atoms with van der Waals surface area (Å²) < 4.78 is 7.83. The molecule has 1 unspecified atom stereocenters. The summed E-state index contributed by atoms with van der Waals surface area (Å²) in [5, 5.41) is 12.5. The molecule has 2 N–H and O–H groups in total. The Kier molecular flexibility index (Phi) is 9.99.